The van der Waals surface area contributed by atoms with Crippen molar-refractivity contribution in [3.8, 4) is 0 Å². The van der Waals surface area contributed by atoms with E-state index in [2.05, 4.69) is 4.98 Å². The Balaban J connectivity index is 2.73. The Kier molecular flexibility index (Phi) is 4.49. The summed E-state index contributed by atoms with van der Waals surface area (Å²) in [7, 11) is 3.49. The molecular formula is C13H16N4O3S. The van der Waals surface area contributed by atoms with Gasteiger partial charge in [-0.1, -0.05) is 0 Å². The maximum absolute atomic E-state index is 12.3. The Morgan fingerprint density at radius 3 is 2.81 bits per heavy atom. The third-order valence-corrected chi connectivity index (χ3v) is 3.84. The van der Waals surface area contributed by atoms with Gasteiger partial charge >= 0.3 is 5.97 Å². The van der Waals surface area contributed by atoms with Crippen molar-refractivity contribution in [2.75, 3.05) is 31.4 Å². The number of hydrogen-bond donors (Lipinski definition) is 2. The van der Waals surface area contributed by atoms with E-state index in [0.717, 1.165) is 4.90 Å². The van der Waals surface area contributed by atoms with Gasteiger partial charge in [0.05, 0.1) is 5.39 Å². The van der Waals surface area contributed by atoms with Crippen molar-refractivity contribution in [1.29, 1.82) is 0 Å². The molecule has 0 aliphatic rings. The van der Waals surface area contributed by atoms with Crippen LogP contribution in [-0.2, 0) is 0 Å². The molecular weight excluding hydrogens is 292 g/mol. The molecule has 0 amide bonds. The van der Waals surface area contributed by atoms with Gasteiger partial charge in [-0.25, -0.2) is 14.5 Å². The molecule has 2 aromatic heterocycles. The van der Waals surface area contributed by atoms with Crippen LogP contribution in [0, 0.1) is 0 Å². The first-order valence-electron chi connectivity index (χ1n) is 6.25. The number of carboxylic acids is 1. The average Bonchev–Trinajstić information content (AvgIpc) is 2.45. The summed E-state index contributed by atoms with van der Waals surface area (Å²) in [5, 5.41) is 11.1. The van der Waals surface area contributed by atoms with E-state index < -0.39 is 11.4 Å². The molecule has 0 atom stereocenters. The second kappa shape index (κ2) is 6.15. The normalized spacial score (nSPS) is 10.8. The van der Waals surface area contributed by atoms with Crippen molar-refractivity contribution < 1.29 is 9.90 Å². The van der Waals surface area contributed by atoms with Gasteiger partial charge in [-0.3, -0.25) is 4.79 Å². The molecule has 0 radical (unpaired) electrons. The van der Waals surface area contributed by atoms with E-state index in [0.29, 0.717) is 17.9 Å². The Morgan fingerprint density at radius 2 is 2.24 bits per heavy atom. The van der Waals surface area contributed by atoms with Crippen LogP contribution in [0.4, 0.5) is 0 Å². The van der Waals surface area contributed by atoms with Crippen LogP contribution >= 0.6 is 11.8 Å². The first-order chi connectivity index (χ1) is 9.95. The van der Waals surface area contributed by atoms with Crippen molar-refractivity contribution in [2.45, 2.75) is 4.90 Å². The minimum absolute atomic E-state index is 0.279. The minimum atomic E-state index is -1.25. The number of nitrogens with two attached hydrogens (primary N) is 1. The summed E-state index contributed by atoms with van der Waals surface area (Å²) < 4.78 is 1.54. The van der Waals surface area contributed by atoms with Crippen LogP contribution in [0.5, 0.6) is 0 Å². The fraction of sp³-hybridized carbons (Fsp3) is 0.308. The van der Waals surface area contributed by atoms with Crippen LogP contribution in [0.3, 0.4) is 0 Å². The zero-order valence-electron chi connectivity index (χ0n) is 11.7. The topological polar surface area (TPSA) is 101 Å². The highest BCUT2D eigenvalue weighted by Gasteiger charge is 2.16. The second-order valence-electron chi connectivity index (χ2n) is 4.55. The molecule has 3 N–H and O–H groups in total. The lowest BCUT2D eigenvalue weighted by Gasteiger charge is -2.19. The maximum atomic E-state index is 12.3. The van der Waals surface area contributed by atoms with E-state index in [1.54, 1.807) is 31.4 Å². The molecule has 0 aliphatic carbocycles. The van der Waals surface area contributed by atoms with Gasteiger partial charge in [0.2, 0.25) is 5.43 Å². The lowest BCUT2D eigenvalue weighted by Crippen LogP contribution is -2.30. The van der Waals surface area contributed by atoms with Crippen LogP contribution in [0.25, 0.3) is 11.0 Å². The Labute approximate surface area is 125 Å². The van der Waals surface area contributed by atoms with E-state index in [1.807, 2.05) is 0 Å². The van der Waals surface area contributed by atoms with E-state index in [9.17, 15) is 9.59 Å². The molecule has 2 aromatic rings. The van der Waals surface area contributed by atoms with E-state index >= 15 is 0 Å². The number of nitrogens with zero attached hydrogens (tertiary/aromatic N) is 3. The van der Waals surface area contributed by atoms with Gasteiger partial charge in [0.25, 0.3) is 0 Å². The predicted octanol–water partition coefficient (Wildman–Crippen LogP) is 0.343. The summed E-state index contributed by atoms with van der Waals surface area (Å²) in [6.45, 7) is 0.514. The van der Waals surface area contributed by atoms with Gasteiger partial charge in [-0.05, 0) is 6.07 Å². The van der Waals surface area contributed by atoms with Gasteiger partial charge in [0.15, 0.2) is 5.65 Å². The van der Waals surface area contributed by atoms with Gasteiger partial charge in [0.1, 0.15) is 5.56 Å². The zero-order valence-corrected chi connectivity index (χ0v) is 12.6. The third kappa shape index (κ3) is 3.01. The molecule has 0 saturated carbocycles. The van der Waals surface area contributed by atoms with E-state index in [-0.39, 0.29) is 10.9 Å². The first kappa shape index (κ1) is 15.3. The Bertz CT molecular complexity index is 742. The fourth-order valence-electron chi connectivity index (χ4n) is 1.89. The number of fused-ring (bicyclic) bond motifs is 1. The quantitative estimate of drug-likeness (QED) is 0.768. The summed E-state index contributed by atoms with van der Waals surface area (Å²) in [6, 6.07) is 1.66. The van der Waals surface area contributed by atoms with Crippen molar-refractivity contribution >= 4 is 28.8 Å². The van der Waals surface area contributed by atoms with E-state index in [1.165, 1.54) is 22.6 Å². The predicted molar refractivity (Wildman–Crippen MR) is 82.8 cm³/mol. The molecule has 21 heavy (non-hydrogen) atoms. The minimum Gasteiger partial charge on any atom is -0.477 e. The highest BCUT2D eigenvalue weighted by atomic mass is 32.2. The molecule has 0 saturated heterocycles. The van der Waals surface area contributed by atoms with Crippen LogP contribution in [0.1, 0.15) is 10.4 Å². The van der Waals surface area contributed by atoms with Crippen molar-refractivity contribution in [3.05, 3.63) is 34.2 Å². The van der Waals surface area contributed by atoms with Crippen LogP contribution in [0.15, 0.2) is 28.2 Å². The Hall–Kier alpha value is -2.06. The first-order valence-corrected chi connectivity index (χ1v) is 7.23. The van der Waals surface area contributed by atoms with E-state index in [4.69, 9.17) is 10.8 Å². The number of hydrogen-bond acceptors (Lipinski definition) is 6. The van der Waals surface area contributed by atoms with Crippen molar-refractivity contribution in [2.24, 2.45) is 5.73 Å². The SMILES string of the molecule is CN(C)n1cc(C(=O)O)c(=O)c2cc(SCCN)cnc21. The van der Waals surface area contributed by atoms with Crippen LogP contribution in [0.2, 0.25) is 0 Å². The van der Waals surface area contributed by atoms with Gasteiger partial charge in [0, 0.05) is 43.7 Å². The number of aromatic carboxylic acids is 1. The smallest absolute Gasteiger partial charge is 0.341 e. The highest BCUT2D eigenvalue weighted by Crippen LogP contribution is 2.20. The molecule has 0 fully saturated rings. The largest absolute Gasteiger partial charge is 0.477 e. The molecule has 0 spiro atoms. The molecule has 2 heterocycles. The summed E-state index contributed by atoms with van der Waals surface area (Å²) in [4.78, 5) is 28.6. The standard InChI is InChI=1S/C13H16N4O3S/c1-16(2)17-7-10(13(19)20)11(18)9-5-8(21-4-3-14)6-15-12(9)17/h5-7H,3-4,14H2,1-2H3,(H,19,20). The maximum Gasteiger partial charge on any atom is 0.341 e. The molecule has 7 nitrogen and oxygen atoms in total. The van der Waals surface area contributed by atoms with Gasteiger partial charge in [-0.15, -0.1) is 11.8 Å². The molecule has 0 unspecified atom stereocenters. The summed E-state index contributed by atoms with van der Waals surface area (Å²) in [5.41, 5.74) is 5.07. The molecule has 2 rings (SSSR count). The van der Waals surface area contributed by atoms with Gasteiger partial charge in [-0.2, -0.15) is 0 Å². The Morgan fingerprint density at radius 1 is 1.52 bits per heavy atom. The lowest BCUT2D eigenvalue weighted by atomic mass is 10.2. The molecule has 112 valence electrons. The second-order valence-corrected chi connectivity index (χ2v) is 5.72. The molecule has 0 bridgehead atoms. The van der Waals surface area contributed by atoms with Crippen LogP contribution < -0.4 is 16.2 Å². The van der Waals surface area contributed by atoms with Crippen molar-refractivity contribution in [1.82, 2.24) is 9.66 Å². The lowest BCUT2D eigenvalue weighted by molar-refractivity contribution is 0.0695. The summed E-state index contributed by atoms with van der Waals surface area (Å²) >= 11 is 1.48. The summed E-state index contributed by atoms with van der Waals surface area (Å²) in [6.07, 6.45) is 2.94. The highest BCUT2D eigenvalue weighted by molar-refractivity contribution is 7.99. The number of carbonyl (C=O) groups is 1. The molecule has 0 aliphatic heterocycles. The third-order valence-electron chi connectivity index (χ3n) is 2.85. The summed E-state index contributed by atoms with van der Waals surface area (Å²) in [5.74, 6) is -0.550. The fourth-order valence-corrected chi connectivity index (χ4v) is 2.57. The average molecular weight is 308 g/mol. The van der Waals surface area contributed by atoms with Crippen LogP contribution in [-0.4, -0.2) is 47.1 Å². The van der Waals surface area contributed by atoms with Gasteiger partial charge < -0.3 is 15.8 Å². The molecule has 0 aromatic carbocycles. The number of thioether (sulfide) groups is 1. The molecule has 8 heteroatoms. The number of carboxylic acid groups (broad SMARTS) is 1. The van der Waals surface area contributed by atoms with Crippen molar-refractivity contribution in [3.63, 3.8) is 0 Å². The zero-order chi connectivity index (χ0) is 15.6. The monoisotopic (exact) mass is 308 g/mol. The number of rotatable bonds is 5. The number of pyridine rings is 2. The number of aromatic nitrogens is 2.